The predicted molar refractivity (Wildman–Crippen MR) is 109 cm³/mol. The van der Waals surface area contributed by atoms with Crippen molar-refractivity contribution >= 4 is 23.3 Å². The molecule has 1 amide bonds. The van der Waals surface area contributed by atoms with Crippen LogP contribution in [0, 0.1) is 12.3 Å². The van der Waals surface area contributed by atoms with Crippen LogP contribution in [-0.4, -0.2) is 39.0 Å². The molecular weight excluding hydrogens is 390 g/mol. The van der Waals surface area contributed by atoms with E-state index in [4.69, 9.17) is 18.6 Å². The number of benzene rings is 1. The molecule has 0 radical (unpaired) electrons. The minimum absolute atomic E-state index is 0.0386. The van der Waals surface area contributed by atoms with Gasteiger partial charge in [0.25, 0.3) is 5.91 Å². The highest BCUT2D eigenvalue weighted by atomic mass is 16.5. The zero-order valence-corrected chi connectivity index (χ0v) is 17.9. The fourth-order valence-electron chi connectivity index (χ4n) is 3.74. The summed E-state index contributed by atoms with van der Waals surface area (Å²) in [6, 6.07) is 2.89. The van der Waals surface area contributed by atoms with Gasteiger partial charge in [0.15, 0.2) is 23.0 Å². The number of amides is 1. The lowest BCUT2D eigenvalue weighted by atomic mass is 9.76. The van der Waals surface area contributed by atoms with Crippen LogP contribution >= 0.6 is 0 Å². The Balaban J connectivity index is 2.01. The molecule has 0 spiro atoms. The normalized spacial score (nSPS) is 14.7. The van der Waals surface area contributed by atoms with Crippen molar-refractivity contribution in [2.75, 3.05) is 26.6 Å². The van der Waals surface area contributed by atoms with E-state index in [-0.39, 0.29) is 28.2 Å². The fourth-order valence-corrected chi connectivity index (χ4v) is 3.74. The third-order valence-electron chi connectivity index (χ3n) is 5.16. The molecule has 0 unspecified atom stereocenters. The van der Waals surface area contributed by atoms with Crippen molar-refractivity contribution in [2.24, 2.45) is 5.41 Å². The summed E-state index contributed by atoms with van der Waals surface area (Å²) in [5.74, 6) is -0.0799. The Morgan fingerprint density at radius 3 is 2.30 bits per heavy atom. The van der Waals surface area contributed by atoms with E-state index in [9.17, 15) is 14.4 Å². The van der Waals surface area contributed by atoms with Crippen molar-refractivity contribution in [2.45, 2.75) is 33.6 Å². The van der Waals surface area contributed by atoms with Crippen molar-refractivity contribution in [1.82, 2.24) is 0 Å². The zero-order valence-electron chi connectivity index (χ0n) is 17.9. The van der Waals surface area contributed by atoms with Crippen molar-refractivity contribution < 1.29 is 33.0 Å². The maximum atomic E-state index is 13.0. The summed E-state index contributed by atoms with van der Waals surface area (Å²) in [5, 5.41) is 2.67. The zero-order chi connectivity index (χ0) is 22.2. The highest BCUT2D eigenvalue weighted by molar-refractivity contribution is 6.10. The van der Waals surface area contributed by atoms with Gasteiger partial charge < -0.3 is 23.9 Å². The first-order chi connectivity index (χ1) is 14.1. The van der Waals surface area contributed by atoms with E-state index in [1.165, 1.54) is 33.5 Å². The molecule has 8 heteroatoms. The van der Waals surface area contributed by atoms with Crippen LogP contribution in [0.1, 0.15) is 62.9 Å². The van der Waals surface area contributed by atoms with E-state index in [1.54, 1.807) is 6.92 Å². The van der Waals surface area contributed by atoms with Crippen LogP contribution in [0.2, 0.25) is 0 Å². The van der Waals surface area contributed by atoms with E-state index in [0.717, 1.165) is 0 Å². The summed E-state index contributed by atoms with van der Waals surface area (Å²) < 4.78 is 21.1. The first-order valence-corrected chi connectivity index (χ1v) is 9.43. The number of carbonyl (C=O) groups excluding carboxylic acids is 3. The van der Waals surface area contributed by atoms with Crippen molar-refractivity contribution in [3.8, 4) is 11.5 Å². The maximum absolute atomic E-state index is 13.0. The lowest BCUT2D eigenvalue weighted by Crippen LogP contribution is -2.26. The molecule has 0 atom stereocenters. The van der Waals surface area contributed by atoms with Crippen molar-refractivity contribution in [3.63, 3.8) is 0 Å². The lowest BCUT2D eigenvalue weighted by molar-refractivity contribution is 0.0601. The van der Waals surface area contributed by atoms with Gasteiger partial charge in [-0.1, -0.05) is 13.8 Å². The number of esters is 1. The average Bonchev–Trinajstić information content (AvgIpc) is 3.02. The lowest BCUT2D eigenvalue weighted by Gasteiger charge is -2.27. The molecule has 0 saturated heterocycles. The van der Waals surface area contributed by atoms with E-state index < -0.39 is 11.9 Å². The number of Topliss-reactive ketones (excluding diaryl/α,β-unsaturated/α-hetero) is 1. The minimum Gasteiger partial charge on any atom is -0.493 e. The van der Waals surface area contributed by atoms with E-state index in [0.29, 0.717) is 41.2 Å². The number of rotatable bonds is 5. The first-order valence-electron chi connectivity index (χ1n) is 9.43. The SMILES string of the molecule is COC(=O)c1cc(OC)c(OC)cc1NC(=O)c1oc2c(c1C)C(=O)CC(C)(C)C2. The van der Waals surface area contributed by atoms with Crippen LogP contribution in [0.25, 0.3) is 0 Å². The second-order valence-corrected chi connectivity index (χ2v) is 7.99. The van der Waals surface area contributed by atoms with Gasteiger partial charge in [-0.05, 0) is 12.3 Å². The molecule has 8 nitrogen and oxygen atoms in total. The molecule has 1 aliphatic rings. The predicted octanol–water partition coefficient (Wildman–Crippen LogP) is 3.80. The number of carbonyl (C=O) groups is 3. The summed E-state index contributed by atoms with van der Waals surface area (Å²) in [6.07, 6.45) is 0.954. The molecule has 3 rings (SSSR count). The summed E-state index contributed by atoms with van der Waals surface area (Å²) in [6.45, 7) is 5.65. The number of ether oxygens (including phenoxy) is 3. The van der Waals surface area contributed by atoms with Gasteiger partial charge in [0.05, 0.1) is 38.1 Å². The molecule has 1 aromatic carbocycles. The molecule has 1 N–H and O–H groups in total. The molecule has 0 aliphatic heterocycles. The number of anilines is 1. The van der Waals surface area contributed by atoms with Crippen LogP contribution < -0.4 is 14.8 Å². The Bertz CT molecular complexity index is 1030. The highest BCUT2D eigenvalue weighted by Crippen LogP contribution is 2.39. The number of hydrogen-bond donors (Lipinski definition) is 1. The topological polar surface area (TPSA) is 104 Å². The summed E-state index contributed by atoms with van der Waals surface area (Å²) >= 11 is 0. The van der Waals surface area contributed by atoms with Crippen LogP contribution in [0.3, 0.4) is 0 Å². The number of methoxy groups -OCH3 is 3. The summed E-state index contributed by atoms with van der Waals surface area (Å²) in [5.41, 5.74) is 0.992. The summed E-state index contributed by atoms with van der Waals surface area (Å²) in [7, 11) is 4.12. The smallest absolute Gasteiger partial charge is 0.340 e. The van der Waals surface area contributed by atoms with E-state index in [2.05, 4.69) is 5.32 Å². The van der Waals surface area contributed by atoms with Gasteiger partial charge >= 0.3 is 5.97 Å². The Hall–Kier alpha value is -3.29. The van der Waals surface area contributed by atoms with Gasteiger partial charge in [0.1, 0.15) is 5.76 Å². The number of nitrogens with one attached hydrogen (secondary N) is 1. The van der Waals surface area contributed by atoms with Crippen LogP contribution in [0.15, 0.2) is 16.5 Å². The van der Waals surface area contributed by atoms with Crippen LogP contribution in [-0.2, 0) is 11.2 Å². The van der Waals surface area contributed by atoms with Gasteiger partial charge in [-0.15, -0.1) is 0 Å². The van der Waals surface area contributed by atoms with Crippen LogP contribution in [0.4, 0.5) is 5.69 Å². The Kier molecular flexibility index (Phi) is 5.61. The number of fused-ring (bicyclic) bond motifs is 1. The second-order valence-electron chi connectivity index (χ2n) is 7.99. The molecule has 0 bridgehead atoms. The number of hydrogen-bond acceptors (Lipinski definition) is 7. The van der Waals surface area contributed by atoms with Gasteiger partial charge in [0, 0.05) is 30.5 Å². The fraction of sp³-hybridized carbons (Fsp3) is 0.409. The molecule has 1 heterocycles. The molecule has 160 valence electrons. The first kappa shape index (κ1) is 21.4. The van der Waals surface area contributed by atoms with Gasteiger partial charge in [-0.25, -0.2) is 4.79 Å². The maximum Gasteiger partial charge on any atom is 0.340 e. The van der Waals surface area contributed by atoms with Gasteiger partial charge in [-0.2, -0.15) is 0 Å². The quantitative estimate of drug-likeness (QED) is 0.741. The van der Waals surface area contributed by atoms with Gasteiger partial charge in [-0.3, -0.25) is 9.59 Å². The Labute approximate surface area is 174 Å². The van der Waals surface area contributed by atoms with Crippen LogP contribution in [0.5, 0.6) is 11.5 Å². The second kappa shape index (κ2) is 7.85. The van der Waals surface area contributed by atoms with E-state index >= 15 is 0 Å². The molecule has 0 fully saturated rings. The molecule has 0 saturated carbocycles. The highest BCUT2D eigenvalue weighted by Gasteiger charge is 2.37. The molecular formula is C22H25NO7. The van der Waals surface area contributed by atoms with Crippen molar-refractivity contribution in [3.05, 3.63) is 40.3 Å². The largest absolute Gasteiger partial charge is 0.493 e. The molecule has 2 aromatic rings. The molecule has 1 aliphatic carbocycles. The molecule has 30 heavy (non-hydrogen) atoms. The van der Waals surface area contributed by atoms with E-state index in [1.807, 2.05) is 13.8 Å². The molecule has 1 aromatic heterocycles. The average molecular weight is 415 g/mol. The summed E-state index contributed by atoms with van der Waals surface area (Å²) in [4.78, 5) is 37.8. The standard InChI is InChI=1S/C22H25NO7/c1-11-18-14(24)9-22(2,3)10-17(18)30-19(11)20(25)23-13-8-16(28-5)15(27-4)7-12(13)21(26)29-6/h7-8H,9-10H2,1-6H3,(H,23,25). The monoisotopic (exact) mass is 415 g/mol. The van der Waals surface area contributed by atoms with Gasteiger partial charge in [0.2, 0.25) is 0 Å². The third-order valence-corrected chi connectivity index (χ3v) is 5.16. The Morgan fingerprint density at radius 2 is 1.70 bits per heavy atom. The number of ketones is 1. The Morgan fingerprint density at radius 1 is 1.07 bits per heavy atom. The minimum atomic E-state index is -0.654. The third kappa shape index (κ3) is 3.77. The van der Waals surface area contributed by atoms with Crippen molar-refractivity contribution in [1.29, 1.82) is 0 Å². The number of furan rings is 1.